The van der Waals surface area contributed by atoms with Crippen molar-refractivity contribution in [1.82, 2.24) is 9.80 Å². The largest absolute Gasteiger partial charge is 0.371 e. The molecule has 0 aromatic heterocycles. The van der Waals surface area contributed by atoms with Crippen LogP contribution in [0.4, 0.5) is 5.69 Å². The summed E-state index contributed by atoms with van der Waals surface area (Å²) >= 11 is 0. The molecule has 1 atom stereocenters. The predicted octanol–water partition coefficient (Wildman–Crippen LogP) is 4.81. The number of likely N-dealkylation sites (N-methyl/N-ethyl adjacent to an activating group) is 1. The molecule has 6 heteroatoms. The van der Waals surface area contributed by atoms with Crippen LogP contribution in [0.25, 0.3) is 0 Å². The molecule has 37 heavy (non-hydrogen) atoms. The van der Waals surface area contributed by atoms with Crippen LogP contribution in [-0.2, 0) is 21.8 Å². The fourth-order valence-electron chi connectivity index (χ4n) is 8.26. The average molecular weight is 522 g/mol. The number of rotatable bonds is 6. The Morgan fingerprint density at radius 2 is 1.54 bits per heavy atom. The molecule has 3 heterocycles. The van der Waals surface area contributed by atoms with Gasteiger partial charge < -0.3 is 14.7 Å². The third-order valence-electron chi connectivity index (χ3n) is 9.99. The molecule has 0 spiro atoms. The smallest absolute Gasteiger partial charge is 0.175 e. The molecule has 3 fully saturated rings. The minimum absolute atomic E-state index is 0.331. The van der Waals surface area contributed by atoms with Gasteiger partial charge in [-0.3, -0.25) is 0 Å². The lowest BCUT2D eigenvalue weighted by Crippen LogP contribution is -2.56. The molecule has 0 bridgehead atoms. The first-order chi connectivity index (χ1) is 17.8. The first-order valence-corrected chi connectivity index (χ1v) is 16.3. The highest BCUT2D eigenvalue weighted by Crippen LogP contribution is 2.53. The quantitative estimate of drug-likeness (QED) is 0.546. The minimum atomic E-state index is -3.13. The van der Waals surface area contributed by atoms with Gasteiger partial charge in [-0.05, 0) is 93.0 Å². The third kappa shape index (κ3) is 4.86. The second kappa shape index (κ2) is 10.0. The summed E-state index contributed by atoms with van der Waals surface area (Å²) in [5, 5.41) is 0. The Morgan fingerprint density at radius 1 is 0.892 bits per heavy atom. The van der Waals surface area contributed by atoms with Gasteiger partial charge in [0, 0.05) is 56.0 Å². The van der Waals surface area contributed by atoms with Crippen LogP contribution in [-0.4, -0.2) is 70.8 Å². The van der Waals surface area contributed by atoms with E-state index < -0.39 is 9.84 Å². The Hall–Kier alpha value is -1.89. The minimum Gasteiger partial charge on any atom is -0.371 e. The number of hydrogen-bond donors (Lipinski definition) is 0. The SMILES string of the molecule is CN1Cc2ccccc2C(C2CCCC2)(C2CCN(CC3CN(c4ccc(S(C)(=O)=O)cc4)C3)CC2)C1. The molecule has 1 aliphatic carbocycles. The van der Waals surface area contributed by atoms with Gasteiger partial charge in [-0.15, -0.1) is 0 Å². The second-order valence-electron chi connectivity index (χ2n) is 12.5. The molecular weight excluding hydrogens is 478 g/mol. The summed E-state index contributed by atoms with van der Waals surface area (Å²) < 4.78 is 23.5. The van der Waals surface area contributed by atoms with Crippen molar-refractivity contribution in [3.63, 3.8) is 0 Å². The number of likely N-dealkylation sites (tertiary alicyclic amines) is 1. The van der Waals surface area contributed by atoms with E-state index in [9.17, 15) is 8.42 Å². The van der Waals surface area contributed by atoms with Crippen LogP contribution in [0.5, 0.6) is 0 Å². The van der Waals surface area contributed by atoms with Gasteiger partial charge in [0.2, 0.25) is 0 Å². The maximum atomic E-state index is 11.7. The van der Waals surface area contributed by atoms with Gasteiger partial charge in [-0.25, -0.2) is 8.42 Å². The predicted molar refractivity (Wildman–Crippen MR) is 151 cm³/mol. The van der Waals surface area contributed by atoms with Crippen molar-refractivity contribution in [3.8, 4) is 0 Å². The topological polar surface area (TPSA) is 43.9 Å². The molecule has 4 aliphatic rings. The van der Waals surface area contributed by atoms with Crippen LogP contribution in [0, 0.1) is 17.8 Å². The maximum absolute atomic E-state index is 11.7. The summed E-state index contributed by atoms with van der Waals surface area (Å²) in [5.41, 5.74) is 4.73. The standard InChI is InChI=1S/C31H43N3O2S/c1-32-22-25-7-3-6-10-30(25)31(23-32,26-8-4-5-9-26)27-15-17-33(18-16-27)19-24-20-34(21-24)28-11-13-29(14-12-28)37(2,35)36/h3,6-7,10-14,24,26-27H,4-5,8-9,15-23H2,1-2H3. The highest BCUT2D eigenvalue weighted by atomic mass is 32.2. The first-order valence-electron chi connectivity index (χ1n) is 14.4. The molecule has 200 valence electrons. The van der Waals surface area contributed by atoms with Crippen LogP contribution in [0.1, 0.15) is 49.7 Å². The van der Waals surface area contributed by atoms with Crippen molar-refractivity contribution in [2.75, 3.05) is 57.5 Å². The molecule has 2 aromatic rings. The lowest BCUT2D eigenvalue weighted by Gasteiger charge is -2.54. The van der Waals surface area contributed by atoms with Gasteiger partial charge in [0.25, 0.3) is 0 Å². The Bertz CT molecular complexity index is 1190. The molecule has 2 saturated heterocycles. The van der Waals surface area contributed by atoms with Crippen molar-refractivity contribution < 1.29 is 8.42 Å². The third-order valence-corrected chi connectivity index (χ3v) is 11.1. The molecule has 5 nitrogen and oxygen atoms in total. The van der Waals surface area contributed by atoms with Gasteiger partial charge in [0.15, 0.2) is 9.84 Å². The van der Waals surface area contributed by atoms with E-state index in [1.807, 2.05) is 12.1 Å². The maximum Gasteiger partial charge on any atom is 0.175 e. The van der Waals surface area contributed by atoms with Crippen molar-refractivity contribution in [2.24, 2.45) is 17.8 Å². The van der Waals surface area contributed by atoms with Gasteiger partial charge in [-0.2, -0.15) is 0 Å². The molecule has 0 radical (unpaired) electrons. The molecular formula is C31H43N3O2S. The summed E-state index contributed by atoms with van der Waals surface area (Å²) in [6.45, 7) is 8.12. The summed E-state index contributed by atoms with van der Waals surface area (Å²) in [6, 6.07) is 16.8. The molecule has 2 aromatic carbocycles. The van der Waals surface area contributed by atoms with Gasteiger partial charge in [0.1, 0.15) is 0 Å². The van der Waals surface area contributed by atoms with E-state index >= 15 is 0 Å². The first kappa shape index (κ1) is 25.4. The summed E-state index contributed by atoms with van der Waals surface area (Å²) in [4.78, 5) is 8.12. The van der Waals surface area contributed by atoms with Gasteiger partial charge in [0.05, 0.1) is 4.90 Å². The lowest BCUT2D eigenvalue weighted by molar-refractivity contribution is 0.0420. The van der Waals surface area contributed by atoms with E-state index in [-0.39, 0.29) is 0 Å². The highest BCUT2D eigenvalue weighted by Gasteiger charge is 2.51. The van der Waals surface area contributed by atoms with Crippen LogP contribution in [0.15, 0.2) is 53.4 Å². The molecule has 0 amide bonds. The van der Waals surface area contributed by atoms with Crippen LogP contribution < -0.4 is 4.90 Å². The molecule has 1 unspecified atom stereocenters. The van der Waals surface area contributed by atoms with E-state index in [0.29, 0.717) is 16.2 Å². The molecule has 3 aliphatic heterocycles. The van der Waals surface area contributed by atoms with Crippen LogP contribution in [0.3, 0.4) is 0 Å². The van der Waals surface area contributed by atoms with Gasteiger partial charge >= 0.3 is 0 Å². The zero-order chi connectivity index (χ0) is 25.6. The zero-order valence-electron chi connectivity index (χ0n) is 22.6. The number of anilines is 1. The van der Waals surface area contributed by atoms with E-state index in [4.69, 9.17) is 0 Å². The Labute approximate surface area is 223 Å². The number of benzene rings is 2. The average Bonchev–Trinajstić information content (AvgIpc) is 3.41. The molecule has 6 rings (SSSR count). The summed E-state index contributed by atoms with van der Waals surface area (Å²) in [5.74, 6) is 2.32. The monoisotopic (exact) mass is 521 g/mol. The highest BCUT2D eigenvalue weighted by molar-refractivity contribution is 7.90. The second-order valence-corrected chi connectivity index (χ2v) is 14.5. The summed E-state index contributed by atoms with van der Waals surface area (Å²) in [6.07, 6.45) is 9.55. The van der Waals surface area contributed by atoms with Gasteiger partial charge in [-0.1, -0.05) is 37.1 Å². The summed E-state index contributed by atoms with van der Waals surface area (Å²) in [7, 11) is -0.795. The number of nitrogens with zero attached hydrogens (tertiary/aromatic N) is 3. The fourth-order valence-corrected chi connectivity index (χ4v) is 8.89. The van der Waals surface area contributed by atoms with Crippen LogP contribution >= 0.6 is 0 Å². The number of sulfone groups is 1. The van der Waals surface area contributed by atoms with E-state index in [1.54, 1.807) is 23.3 Å². The lowest BCUT2D eigenvalue weighted by atomic mass is 9.57. The van der Waals surface area contributed by atoms with E-state index in [2.05, 4.69) is 46.0 Å². The normalized spacial score (nSPS) is 26.8. The van der Waals surface area contributed by atoms with Crippen molar-refractivity contribution >= 4 is 15.5 Å². The van der Waals surface area contributed by atoms with Crippen molar-refractivity contribution in [3.05, 3.63) is 59.7 Å². The van der Waals surface area contributed by atoms with E-state index in [1.165, 1.54) is 71.0 Å². The molecule has 0 N–H and O–H groups in total. The van der Waals surface area contributed by atoms with E-state index in [0.717, 1.165) is 37.2 Å². The molecule has 1 saturated carbocycles. The zero-order valence-corrected chi connectivity index (χ0v) is 23.4. The Morgan fingerprint density at radius 3 is 2.22 bits per heavy atom. The fraction of sp³-hybridized carbons (Fsp3) is 0.613. The number of fused-ring (bicyclic) bond motifs is 1. The Balaban J connectivity index is 1.09. The number of piperidine rings is 1. The Kier molecular flexibility index (Phi) is 6.87. The number of hydrogen-bond acceptors (Lipinski definition) is 5. The van der Waals surface area contributed by atoms with Crippen LogP contribution in [0.2, 0.25) is 0 Å². The van der Waals surface area contributed by atoms with Crippen molar-refractivity contribution in [2.45, 2.75) is 55.4 Å². The van der Waals surface area contributed by atoms with Crippen molar-refractivity contribution in [1.29, 1.82) is 0 Å².